The number of piperidine rings is 1. The van der Waals surface area contributed by atoms with Crippen LogP contribution in [0.2, 0.25) is 0 Å². The van der Waals surface area contributed by atoms with Gasteiger partial charge in [-0.2, -0.15) is 4.98 Å². The van der Waals surface area contributed by atoms with Crippen LogP contribution < -0.4 is 5.32 Å². The molecule has 1 amide bonds. The zero-order valence-corrected chi connectivity index (χ0v) is 20.7. The fourth-order valence-corrected chi connectivity index (χ4v) is 4.45. The first-order valence-electron chi connectivity index (χ1n) is 12.5. The third-order valence-corrected chi connectivity index (χ3v) is 6.66. The van der Waals surface area contributed by atoms with Crippen LogP contribution in [0.1, 0.15) is 35.7 Å². The zero-order chi connectivity index (χ0) is 24.9. The molecule has 1 aliphatic rings. The summed E-state index contributed by atoms with van der Waals surface area (Å²) in [5, 5.41) is 7.07. The van der Waals surface area contributed by atoms with Gasteiger partial charge in [0.25, 0.3) is 5.89 Å². The maximum absolute atomic E-state index is 12.7. The lowest BCUT2D eigenvalue weighted by Gasteiger charge is -2.30. The van der Waals surface area contributed by atoms with E-state index in [-0.39, 0.29) is 11.8 Å². The minimum Gasteiger partial charge on any atom is -0.441 e. The lowest BCUT2D eigenvalue weighted by molar-refractivity contribution is -0.126. The highest BCUT2D eigenvalue weighted by molar-refractivity contribution is 5.78. The van der Waals surface area contributed by atoms with E-state index in [9.17, 15) is 4.79 Å². The molecule has 8 nitrogen and oxygen atoms in total. The SMILES string of the molecule is Cc1ccc(-c2nc(CN3CCC(C(=O)NCCc4noc(-c5ccccc5)n4)CC3)c(C)o2)cc1. The largest absolute Gasteiger partial charge is 0.441 e. The average Bonchev–Trinajstić information content (AvgIpc) is 3.52. The monoisotopic (exact) mass is 485 g/mol. The lowest BCUT2D eigenvalue weighted by Crippen LogP contribution is -2.40. The smallest absolute Gasteiger partial charge is 0.257 e. The number of hydrogen-bond acceptors (Lipinski definition) is 7. The summed E-state index contributed by atoms with van der Waals surface area (Å²) in [5.41, 5.74) is 4.05. The van der Waals surface area contributed by atoms with Crippen molar-refractivity contribution in [3.05, 3.63) is 77.4 Å². The number of hydrogen-bond donors (Lipinski definition) is 1. The first kappa shape index (κ1) is 23.9. The molecule has 1 aliphatic heterocycles. The van der Waals surface area contributed by atoms with E-state index >= 15 is 0 Å². The number of benzene rings is 2. The second-order valence-corrected chi connectivity index (χ2v) is 9.36. The van der Waals surface area contributed by atoms with Crippen LogP contribution >= 0.6 is 0 Å². The Labute approximate surface area is 210 Å². The zero-order valence-electron chi connectivity index (χ0n) is 20.7. The Balaban J connectivity index is 1.06. The molecule has 3 heterocycles. The van der Waals surface area contributed by atoms with Crippen LogP contribution in [0.4, 0.5) is 0 Å². The summed E-state index contributed by atoms with van der Waals surface area (Å²) in [4.78, 5) is 24.2. The predicted octanol–water partition coefficient (Wildman–Crippen LogP) is 4.58. The van der Waals surface area contributed by atoms with Crippen molar-refractivity contribution in [2.45, 2.75) is 39.7 Å². The number of aromatic nitrogens is 3. The molecule has 2 aromatic heterocycles. The molecule has 5 rings (SSSR count). The molecule has 1 fully saturated rings. The number of carbonyl (C=O) groups is 1. The number of aryl methyl sites for hydroxylation is 2. The summed E-state index contributed by atoms with van der Waals surface area (Å²) in [6.07, 6.45) is 2.19. The van der Waals surface area contributed by atoms with E-state index in [0.29, 0.717) is 30.6 Å². The summed E-state index contributed by atoms with van der Waals surface area (Å²) >= 11 is 0. The van der Waals surface area contributed by atoms with Gasteiger partial charge in [-0.05, 0) is 64.0 Å². The fraction of sp³-hybridized carbons (Fsp3) is 0.357. The van der Waals surface area contributed by atoms with Gasteiger partial charge in [0.15, 0.2) is 5.82 Å². The molecule has 2 aromatic carbocycles. The van der Waals surface area contributed by atoms with E-state index in [1.807, 2.05) is 49.4 Å². The molecule has 8 heteroatoms. The van der Waals surface area contributed by atoms with Crippen LogP contribution in [0.3, 0.4) is 0 Å². The summed E-state index contributed by atoms with van der Waals surface area (Å²) in [7, 11) is 0. The van der Waals surface area contributed by atoms with E-state index in [1.165, 1.54) is 5.56 Å². The molecule has 1 N–H and O–H groups in total. The summed E-state index contributed by atoms with van der Waals surface area (Å²) in [6.45, 7) is 6.97. The lowest BCUT2D eigenvalue weighted by atomic mass is 9.95. The number of oxazole rings is 1. The molecule has 0 radical (unpaired) electrons. The number of amides is 1. The molecule has 0 aliphatic carbocycles. The van der Waals surface area contributed by atoms with Crippen LogP contribution in [-0.4, -0.2) is 45.6 Å². The Morgan fingerprint density at radius 1 is 0.972 bits per heavy atom. The van der Waals surface area contributed by atoms with Crippen molar-refractivity contribution in [2.75, 3.05) is 19.6 Å². The van der Waals surface area contributed by atoms with E-state index in [4.69, 9.17) is 13.9 Å². The van der Waals surface area contributed by atoms with Crippen molar-refractivity contribution in [3.8, 4) is 22.9 Å². The minimum absolute atomic E-state index is 0.0212. The third-order valence-electron chi connectivity index (χ3n) is 6.66. The van der Waals surface area contributed by atoms with Gasteiger partial charge in [0.05, 0.1) is 5.69 Å². The number of nitrogens with zero attached hydrogens (tertiary/aromatic N) is 4. The van der Waals surface area contributed by atoms with E-state index in [1.54, 1.807) is 0 Å². The Bertz CT molecular complexity index is 1290. The molecule has 0 bridgehead atoms. The highest BCUT2D eigenvalue weighted by Gasteiger charge is 2.26. The molecular weight excluding hydrogens is 454 g/mol. The number of nitrogens with one attached hydrogen (secondary N) is 1. The molecule has 186 valence electrons. The van der Waals surface area contributed by atoms with Crippen LogP contribution in [0, 0.1) is 19.8 Å². The predicted molar refractivity (Wildman–Crippen MR) is 136 cm³/mol. The first-order valence-corrected chi connectivity index (χ1v) is 12.5. The van der Waals surface area contributed by atoms with Gasteiger partial charge in [0.1, 0.15) is 5.76 Å². The van der Waals surface area contributed by atoms with Gasteiger partial charge in [-0.25, -0.2) is 4.98 Å². The van der Waals surface area contributed by atoms with Crippen LogP contribution in [0.5, 0.6) is 0 Å². The molecule has 36 heavy (non-hydrogen) atoms. The van der Waals surface area contributed by atoms with Crippen molar-refractivity contribution in [1.82, 2.24) is 25.3 Å². The first-order chi connectivity index (χ1) is 17.5. The molecule has 0 saturated carbocycles. The highest BCUT2D eigenvalue weighted by atomic mass is 16.5. The Morgan fingerprint density at radius 2 is 1.69 bits per heavy atom. The number of likely N-dealkylation sites (tertiary alicyclic amines) is 1. The standard InChI is InChI=1S/C28H31N5O3/c1-19-8-10-23(11-9-19)27-30-24(20(2)35-27)18-33-16-13-21(14-17-33)26(34)29-15-12-25-31-28(36-32-25)22-6-4-3-5-7-22/h3-11,21H,12-18H2,1-2H3,(H,29,34). The van der Waals surface area contributed by atoms with Crippen LogP contribution in [-0.2, 0) is 17.8 Å². The van der Waals surface area contributed by atoms with Crippen molar-refractivity contribution in [3.63, 3.8) is 0 Å². The molecule has 4 aromatic rings. The number of rotatable bonds is 8. The molecule has 0 unspecified atom stereocenters. The summed E-state index contributed by atoms with van der Waals surface area (Å²) in [5.74, 6) is 2.72. The second kappa shape index (κ2) is 10.9. The van der Waals surface area contributed by atoms with Gasteiger partial charge in [0, 0.05) is 36.6 Å². The Hall–Kier alpha value is -3.78. The van der Waals surface area contributed by atoms with Gasteiger partial charge < -0.3 is 14.3 Å². The Morgan fingerprint density at radius 3 is 2.44 bits per heavy atom. The highest BCUT2D eigenvalue weighted by Crippen LogP contribution is 2.25. The van der Waals surface area contributed by atoms with Crippen LogP contribution in [0.25, 0.3) is 22.9 Å². The van der Waals surface area contributed by atoms with Crippen LogP contribution in [0.15, 0.2) is 63.5 Å². The van der Waals surface area contributed by atoms with Crippen molar-refractivity contribution >= 4 is 5.91 Å². The average molecular weight is 486 g/mol. The van der Waals surface area contributed by atoms with Gasteiger partial charge in [-0.1, -0.05) is 41.1 Å². The third kappa shape index (κ3) is 5.71. The maximum atomic E-state index is 12.7. The van der Waals surface area contributed by atoms with E-state index < -0.39 is 0 Å². The fourth-order valence-electron chi connectivity index (χ4n) is 4.45. The molecule has 0 spiro atoms. The molecule has 1 saturated heterocycles. The maximum Gasteiger partial charge on any atom is 0.257 e. The molecular formula is C28H31N5O3. The minimum atomic E-state index is 0.0212. The van der Waals surface area contributed by atoms with Crippen molar-refractivity contribution in [1.29, 1.82) is 0 Å². The van der Waals surface area contributed by atoms with Gasteiger partial charge in [0.2, 0.25) is 11.8 Å². The molecule has 0 atom stereocenters. The summed E-state index contributed by atoms with van der Waals surface area (Å²) < 4.78 is 11.3. The van der Waals surface area contributed by atoms with Gasteiger partial charge >= 0.3 is 0 Å². The Kier molecular flexibility index (Phi) is 7.23. The van der Waals surface area contributed by atoms with E-state index in [0.717, 1.165) is 55.1 Å². The second-order valence-electron chi connectivity index (χ2n) is 9.36. The summed E-state index contributed by atoms with van der Waals surface area (Å²) in [6, 6.07) is 17.9. The van der Waals surface area contributed by atoms with Gasteiger partial charge in [-0.15, -0.1) is 0 Å². The van der Waals surface area contributed by atoms with Crippen molar-refractivity contribution < 1.29 is 13.7 Å². The topological polar surface area (TPSA) is 97.3 Å². The normalized spacial score (nSPS) is 14.7. The van der Waals surface area contributed by atoms with Gasteiger partial charge in [-0.3, -0.25) is 9.69 Å². The van der Waals surface area contributed by atoms with E-state index in [2.05, 4.69) is 39.4 Å². The van der Waals surface area contributed by atoms with Crippen molar-refractivity contribution in [2.24, 2.45) is 5.92 Å². The quantitative estimate of drug-likeness (QED) is 0.390. The number of carbonyl (C=O) groups excluding carboxylic acids is 1.